The summed E-state index contributed by atoms with van der Waals surface area (Å²) in [6, 6.07) is 0.155. The summed E-state index contributed by atoms with van der Waals surface area (Å²) in [7, 11) is 0. The molecule has 0 amide bonds. The maximum atomic E-state index is 4.47. The first kappa shape index (κ1) is 12.6. The largest absolute Gasteiger partial charge is 0.358 e. The van der Waals surface area contributed by atoms with Crippen molar-refractivity contribution in [1.29, 1.82) is 0 Å². The van der Waals surface area contributed by atoms with Gasteiger partial charge in [0.25, 0.3) is 0 Å². The molecule has 0 radical (unpaired) electrons. The van der Waals surface area contributed by atoms with Gasteiger partial charge in [0.05, 0.1) is 6.04 Å². The number of fused-ring (bicyclic) bond motifs is 1. The van der Waals surface area contributed by atoms with Gasteiger partial charge in [0.1, 0.15) is 9.61 Å². The molecule has 0 spiro atoms. The predicted octanol–water partition coefficient (Wildman–Crippen LogP) is 3.51. The van der Waals surface area contributed by atoms with E-state index < -0.39 is 0 Å². The van der Waals surface area contributed by atoms with Crippen LogP contribution in [-0.2, 0) is 0 Å². The Kier molecular flexibility index (Phi) is 3.48. The van der Waals surface area contributed by atoms with Crippen molar-refractivity contribution >= 4 is 38.7 Å². The molecule has 0 saturated carbocycles. The number of nitrogens with zero attached hydrogens (tertiary/aromatic N) is 4. The van der Waals surface area contributed by atoms with Crippen molar-refractivity contribution in [3.8, 4) is 0 Å². The van der Waals surface area contributed by atoms with Gasteiger partial charge >= 0.3 is 0 Å². The van der Waals surface area contributed by atoms with Crippen LogP contribution >= 0.6 is 27.3 Å². The molecule has 7 heteroatoms. The number of rotatable bonds is 4. The summed E-state index contributed by atoms with van der Waals surface area (Å²) >= 11 is 5.06. The minimum absolute atomic E-state index is 0.155. The molecule has 0 aliphatic rings. The fraction of sp³-hybridized carbons (Fsp3) is 0.250. The Bertz CT molecular complexity index is 679. The molecule has 98 valence electrons. The number of hydrogen-bond acceptors (Lipinski definition) is 5. The molecule has 3 rings (SSSR count). The third-order valence-corrected chi connectivity index (χ3v) is 4.08. The predicted molar refractivity (Wildman–Crippen MR) is 79.5 cm³/mol. The molecule has 3 heterocycles. The number of thiazole rings is 1. The van der Waals surface area contributed by atoms with E-state index >= 15 is 0 Å². The average Bonchev–Trinajstić information content (AvgIpc) is 3.05. The second-order valence-electron chi connectivity index (χ2n) is 4.05. The topological polar surface area (TPSA) is 55.1 Å². The van der Waals surface area contributed by atoms with Crippen LogP contribution in [0.4, 0.5) is 5.82 Å². The third kappa shape index (κ3) is 2.48. The van der Waals surface area contributed by atoms with Gasteiger partial charge < -0.3 is 9.72 Å². The van der Waals surface area contributed by atoms with Crippen LogP contribution in [0.2, 0.25) is 0 Å². The first-order valence-corrected chi connectivity index (χ1v) is 7.60. The highest BCUT2D eigenvalue weighted by molar-refractivity contribution is 9.10. The Hall–Kier alpha value is -1.47. The smallest absolute Gasteiger partial charge is 0.180 e. The highest BCUT2D eigenvalue weighted by atomic mass is 79.9. The molecular formula is C12H12BrN5S. The number of aromatic nitrogens is 4. The lowest BCUT2D eigenvalue weighted by atomic mass is 10.2. The summed E-state index contributed by atoms with van der Waals surface area (Å²) in [5, 5.41) is 6.47. The van der Waals surface area contributed by atoms with Crippen LogP contribution in [-0.4, -0.2) is 19.4 Å². The van der Waals surface area contributed by atoms with Crippen molar-refractivity contribution in [2.75, 3.05) is 5.32 Å². The van der Waals surface area contributed by atoms with Crippen molar-refractivity contribution < 1.29 is 0 Å². The van der Waals surface area contributed by atoms with E-state index in [2.05, 4.69) is 43.1 Å². The van der Waals surface area contributed by atoms with Gasteiger partial charge in [-0.3, -0.25) is 0 Å². The zero-order chi connectivity index (χ0) is 13.2. The van der Waals surface area contributed by atoms with Gasteiger partial charge in [-0.1, -0.05) is 6.92 Å². The number of anilines is 1. The van der Waals surface area contributed by atoms with Crippen molar-refractivity contribution in [2.24, 2.45) is 0 Å². The van der Waals surface area contributed by atoms with Gasteiger partial charge in [-0.25, -0.2) is 15.0 Å². The summed E-state index contributed by atoms with van der Waals surface area (Å²) in [5.41, 5.74) is 0.818. The Morgan fingerprint density at radius 3 is 3.05 bits per heavy atom. The molecule has 1 N–H and O–H groups in total. The van der Waals surface area contributed by atoms with Gasteiger partial charge in [0.2, 0.25) is 0 Å². The highest BCUT2D eigenvalue weighted by Crippen LogP contribution is 2.26. The monoisotopic (exact) mass is 337 g/mol. The fourth-order valence-corrected chi connectivity index (χ4v) is 3.08. The van der Waals surface area contributed by atoms with E-state index in [1.54, 1.807) is 17.5 Å². The van der Waals surface area contributed by atoms with E-state index in [-0.39, 0.29) is 6.04 Å². The lowest BCUT2D eigenvalue weighted by Gasteiger charge is -2.15. The molecule has 3 aromatic heterocycles. The maximum absolute atomic E-state index is 4.47. The molecule has 5 nitrogen and oxygen atoms in total. The normalized spacial score (nSPS) is 12.7. The Morgan fingerprint density at radius 2 is 2.32 bits per heavy atom. The second kappa shape index (κ2) is 5.26. The number of halogens is 1. The van der Waals surface area contributed by atoms with Crippen LogP contribution in [0.3, 0.4) is 0 Å². The lowest BCUT2D eigenvalue weighted by molar-refractivity contribution is 0.737. The van der Waals surface area contributed by atoms with Gasteiger partial charge in [0.15, 0.2) is 11.5 Å². The number of hydrogen-bond donors (Lipinski definition) is 1. The molecule has 0 aromatic carbocycles. The van der Waals surface area contributed by atoms with Gasteiger partial charge in [-0.05, 0) is 22.4 Å². The summed E-state index contributed by atoms with van der Waals surface area (Å²) in [6.45, 7) is 2.12. The summed E-state index contributed by atoms with van der Waals surface area (Å²) < 4.78 is 2.71. The zero-order valence-corrected chi connectivity index (χ0v) is 12.6. The molecule has 0 aliphatic carbocycles. The molecule has 0 saturated heterocycles. The van der Waals surface area contributed by atoms with Gasteiger partial charge in [-0.15, -0.1) is 11.3 Å². The lowest BCUT2D eigenvalue weighted by Crippen LogP contribution is -2.11. The average molecular weight is 338 g/mol. The molecule has 0 aliphatic heterocycles. The van der Waals surface area contributed by atoms with Crippen LogP contribution in [0.15, 0.2) is 34.8 Å². The van der Waals surface area contributed by atoms with E-state index in [0.717, 1.165) is 27.5 Å². The maximum Gasteiger partial charge on any atom is 0.180 e. The van der Waals surface area contributed by atoms with Crippen molar-refractivity contribution in [2.45, 2.75) is 19.4 Å². The second-order valence-corrected chi connectivity index (χ2v) is 5.78. The minimum atomic E-state index is 0.155. The summed E-state index contributed by atoms with van der Waals surface area (Å²) in [6.07, 6.45) is 8.31. The molecule has 19 heavy (non-hydrogen) atoms. The van der Waals surface area contributed by atoms with Crippen molar-refractivity contribution in [1.82, 2.24) is 19.4 Å². The Morgan fingerprint density at radius 1 is 1.42 bits per heavy atom. The van der Waals surface area contributed by atoms with Crippen LogP contribution in [0.25, 0.3) is 5.65 Å². The van der Waals surface area contributed by atoms with Crippen molar-refractivity contribution in [3.05, 3.63) is 39.8 Å². The molecule has 0 fully saturated rings. The van der Waals surface area contributed by atoms with E-state index in [1.807, 2.05) is 28.4 Å². The van der Waals surface area contributed by atoms with E-state index in [4.69, 9.17) is 0 Å². The SMILES string of the molecule is CCC(Nc1nc(Br)cn2ccnc12)c1nccs1. The van der Waals surface area contributed by atoms with E-state index in [1.165, 1.54) is 0 Å². The standard InChI is InChI=1S/C12H12BrN5S/c1-2-8(12-15-4-6-19-12)16-10-11-14-3-5-18(11)7-9(13)17-10/h3-8H,2H2,1H3,(H,16,17). The van der Waals surface area contributed by atoms with Gasteiger partial charge in [0, 0.05) is 30.2 Å². The first-order valence-electron chi connectivity index (χ1n) is 5.93. The van der Waals surface area contributed by atoms with Crippen LogP contribution in [0.1, 0.15) is 24.4 Å². The van der Waals surface area contributed by atoms with Crippen LogP contribution in [0, 0.1) is 0 Å². The Balaban J connectivity index is 1.98. The number of nitrogens with one attached hydrogen (secondary N) is 1. The van der Waals surface area contributed by atoms with Gasteiger partial charge in [-0.2, -0.15) is 0 Å². The molecule has 0 bridgehead atoms. The van der Waals surface area contributed by atoms with Crippen LogP contribution < -0.4 is 5.32 Å². The molecule has 1 atom stereocenters. The third-order valence-electron chi connectivity index (χ3n) is 2.81. The fourth-order valence-electron chi connectivity index (χ4n) is 1.91. The first-order chi connectivity index (χ1) is 9.28. The molecular weight excluding hydrogens is 326 g/mol. The summed E-state index contributed by atoms with van der Waals surface area (Å²) in [4.78, 5) is 13.2. The van der Waals surface area contributed by atoms with Crippen molar-refractivity contribution in [3.63, 3.8) is 0 Å². The number of imidazole rings is 1. The summed E-state index contributed by atoms with van der Waals surface area (Å²) in [5.74, 6) is 0.765. The zero-order valence-electron chi connectivity index (χ0n) is 10.2. The highest BCUT2D eigenvalue weighted by Gasteiger charge is 2.15. The van der Waals surface area contributed by atoms with E-state index in [9.17, 15) is 0 Å². The Labute approximate surface area is 122 Å². The molecule has 3 aromatic rings. The minimum Gasteiger partial charge on any atom is -0.358 e. The van der Waals surface area contributed by atoms with E-state index in [0.29, 0.717) is 0 Å². The quantitative estimate of drug-likeness (QED) is 0.791. The van der Waals surface area contributed by atoms with Crippen LogP contribution in [0.5, 0.6) is 0 Å². The molecule has 1 unspecified atom stereocenters.